The predicted octanol–water partition coefficient (Wildman–Crippen LogP) is 13.3. The highest BCUT2D eigenvalue weighted by molar-refractivity contribution is 5.71. The van der Waals surface area contributed by atoms with E-state index in [-0.39, 0.29) is 0 Å². The molecule has 1 saturated carbocycles. The summed E-state index contributed by atoms with van der Waals surface area (Å²) < 4.78 is 0. The highest BCUT2D eigenvalue weighted by atomic mass is 14.3. The average Bonchev–Trinajstić information content (AvgIpc) is 3.01. The molecule has 4 rings (SSSR count). The van der Waals surface area contributed by atoms with Gasteiger partial charge in [0.2, 0.25) is 0 Å². The minimum Gasteiger partial charge on any atom is -0.0804 e. The second-order valence-corrected chi connectivity index (χ2v) is 13.4. The first kappa shape index (κ1) is 31.1. The van der Waals surface area contributed by atoms with Crippen LogP contribution in [0.2, 0.25) is 0 Å². The van der Waals surface area contributed by atoms with Gasteiger partial charge in [-0.05, 0) is 90.5 Å². The van der Waals surface area contributed by atoms with Crippen LogP contribution in [0.15, 0.2) is 54.6 Å². The molecule has 0 spiro atoms. The van der Waals surface area contributed by atoms with Gasteiger partial charge in [-0.2, -0.15) is 0 Å². The van der Waals surface area contributed by atoms with Crippen LogP contribution in [-0.2, 0) is 0 Å². The van der Waals surface area contributed by atoms with Crippen LogP contribution in [0.25, 0.3) is 16.7 Å². The number of allylic oxidation sites excluding steroid dienone is 2. The van der Waals surface area contributed by atoms with Crippen molar-refractivity contribution < 1.29 is 0 Å². The Kier molecular flexibility index (Phi) is 13.9. The van der Waals surface area contributed by atoms with Crippen LogP contribution in [0, 0.1) is 11.8 Å². The summed E-state index contributed by atoms with van der Waals surface area (Å²) in [6.45, 7) is 4.62. The van der Waals surface area contributed by atoms with Crippen molar-refractivity contribution >= 4 is 5.57 Å². The van der Waals surface area contributed by atoms with E-state index < -0.39 is 0 Å². The summed E-state index contributed by atoms with van der Waals surface area (Å²) >= 11 is 0. The van der Waals surface area contributed by atoms with Crippen molar-refractivity contribution in [1.82, 2.24) is 0 Å². The molecule has 0 aromatic heterocycles. The summed E-state index contributed by atoms with van der Waals surface area (Å²) in [5.74, 6) is 2.69. The second kappa shape index (κ2) is 17.9. The average molecular weight is 541 g/mol. The van der Waals surface area contributed by atoms with E-state index in [0.29, 0.717) is 0 Å². The summed E-state index contributed by atoms with van der Waals surface area (Å²) in [5.41, 5.74) is 7.31. The molecule has 2 aromatic rings. The Morgan fingerprint density at radius 2 is 1.00 bits per heavy atom. The largest absolute Gasteiger partial charge is 0.0804 e. The number of hydrogen-bond acceptors (Lipinski definition) is 0. The molecule has 1 unspecified atom stereocenters. The normalized spacial score (nSPS) is 21.4. The smallest absolute Gasteiger partial charge is 0.0162 e. The van der Waals surface area contributed by atoms with E-state index in [0.717, 1.165) is 17.8 Å². The van der Waals surface area contributed by atoms with Crippen molar-refractivity contribution in [1.29, 1.82) is 0 Å². The van der Waals surface area contributed by atoms with Gasteiger partial charge in [0, 0.05) is 0 Å². The van der Waals surface area contributed by atoms with Gasteiger partial charge >= 0.3 is 0 Å². The molecular weight excluding hydrogens is 480 g/mol. The number of rotatable bonds is 17. The molecule has 2 aromatic carbocycles. The van der Waals surface area contributed by atoms with Crippen LogP contribution in [0.5, 0.6) is 0 Å². The first-order valence-corrected chi connectivity index (χ1v) is 17.7. The van der Waals surface area contributed by atoms with Crippen LogP contribution < -0.4 is 0 Å². The summed E-state index contributed by atoms with van der Waals surface area (Å²) in [6.07, 6.45) is 32.2. The summed E-state index contributed by atoms with van der Waals surface area (Å²) in [6, 6.07) is 19.0. The SMILES string of the molecule is CCCCCCCCCCC1CC=C(c2ccc(-c3ccc([C@H]4CC[C@H](CCCCCC)CC4)cc3)cc2)CC1. The van der Waals surface area contributed by atoms with E-state index >= 15 is 0 Å². The highest BCUT2D eigenvalue weighted by Gasteiger charge is 2.22. The standard InChI is InChI=1S/C40H60/c1-3-5-7-9-10-11-12-14-16-34-19-23-36(24-20-34)38-27-31-40(32-28-38)39-29-25-37(26-30-39)35-21-17-33(18-22-35)15-13-8-6-4-2/h23,25-35H,3-22,24H2,1-2H3/t33-,34?,35-. The van der Waals surface area contributed by atoms with Gasteiger partial charge in [-0.15, -0.1) is 0 Å². The van der Waals surface area contributed by atoms with Gasteiger partial charge in [0.25, 0.3) is 0 Å². The van der Waals surface area contributed by atoms with Crippen LogP contribution in [0.3, 0.4) is 0 Å². The van der Waals surface area contributed by atoms with Crippen molar-refractivity contribution in [2.24, 2.45) is 11.8 Å². The summed E-state index contributed by atoms with van der Waals surface area (Å²) in [5, 5.41) is 0. The van der Waals surface area contributed by atoms with Crippen molar-refractivity contribution in [3.8, 4) is 11.1 Å². The third-order valence-electron chi connectivity index (χ3n) is 10.3. The van der Waals surface area contributed by atoms with Crippen LogP contribution >= 0.6 is 0 Å². The lowest BCUT2D eigenvalue weighted by atomic mass is 9.77. The Balaban J connectivity index is 1.17. The Morgan fingerprint density at radius 3 is 1.57 bits per heavy atom. The lowest BCUT2D eigenvalue weighted by Crippen LogP contribution is -2.13. The van der Waals surface area contributed by atoms with Crippen LogP contribution in [-0.4, -0.2) is 0 Å². The Bertz CT molecular complexity index is 954. The van der Waals surface area contributed by atoms with Gasteiger partial charge in [-0.3, -0.25) is 0 Å². The van der Waals surface area contributed by atoms with Crippen molar-refractivity contribution in [2.45, 2.75) is 155 Å². The molecule has 0 heteroatoms. The van der Waals surface area contributed by atoms with Gasteiger partial charge in [0.15, 0.2) is 0 Å². The molecule has 0 amide bonds. The maximum Gasteiger partial charge on any atom is -0.0162 e. The molecule has 0 bridgehead atoms. The molecule has 0 N–H and O–H groups in total. The molecule has 0 nitrogen and oxygen atoms in total. The van der Waals surface area contributed by atoms with Gasteiger partial charge < -0.3 is 0 Å². The molecule has 0 heterocycles. The molecule has 40 heavy (non-hydrogen) atoms. The number of unbranched alkanes of at least 4 members (excludes halogenated alkanes) is 10. The molecule has 0 saturated heterocycles. The molecule has 2 aliphatic rings. The number of benzene rings is 2. The quantitative estimate of drug-likeness (QED) is 0.175. The molecule has 0 radical (unpaired) electrons. The lowest BCUT2D eigenvalue weighted by Gasteiger charge is -2.29. The third-order valence-corrected chi connectivity index (χ3v) is 10.3. The Hall–Kier alpha value is -1.82. The summed E-state index contributed by atoms with van der Waals surface area (Å²) in [7, 11) is 0. The second-order valence-electron chi connectivity index (χ2n) is 13.4. The zero-order valence-electron chi connectivity index (χ0n) is 26.3. The minimum atomic E-state index is 0.779. The Labute approximate surface area is 248 Å². The lowest BCUT2D eigenvalue weighted by molar-refractivity contribution is 0.302. The van der Waals surface area contributed by atoms with E-state index in [9.17, 15) is 0 Å². The first-order chi connectivity index (χ1) is 19.8. The van der Waals surface area contributed by atoms with Crippen molar-refractivity contribution in [2.75, 3.05) is 0 Å². The predicted molar refractivity (Wildman–Crippen MR) is 178 cm³/mol. The van der Waals surface area contributed by atoms with Crippen molar-refractivity contribution in [3.63, 3.8) is 0 Å². The fourth-order valence-electron chi connectivity index (χ4n) is 7.45. The van der Waals surface area contributed by atoms with Crippen molar-refractivity contribution in [3.05, 3.63) is 65.7 Å². The maximum atomic E-state index is 2.56. The fourth-order valence-corrected chi connectivity index (χ4v) is 7.45. The molecular formula is C40H60. The minimum absolute atomic E-state index is 0.779. The van der Waals surface area contributed by atoms with Gasteiger partial charge in [0.05, 0.1) is 0 Å². The third kappa shape index (κ3) is 10.2. The van der Waals surface area contributed by atoms with Crippen LogP contribution in [0.4, 0.5) is 0 Å². The number of hydrogen-bond donors (Lipinski definition) is 0. The van der Waals surface area contributed by atoms with E-state index in [1.165, 1.54) is 152 Å². The van der Waals surface area contributed by atoms with Crippen LogP contribution in [0.1, 0.15) is 166 Å². The van der Waals surface area contributed by atoms with Gasteiger partial charge in [-0.25, -0.2) is 0 Å². The molecule has 1 atom stereocenters. The van der Waals surface area contributed by atoms with E-state index in [1.807, 2.05) is 0 Å². The van der Waals surface area contributed by atoms with Gasteiger partial charge in [0.1, 0.15) is 0 Å². The summed E-state index contributed by atoms with van der Waals surface area (Å²) in [4.78, 5) is 0. The fraction of sp³-hybridized carbons (Fsp3) is 0.650. The van der Waals surface area contributed by atoms with E-state index in [2.05, 4.69) is 68.5 Å². The molecule has 1 fully saturated rings. The monoisotopic (exact) mass is 540 g/mol. The van der Waals surface area contributed by atoms with E-state index in [4.69, 9.17) is 0 Å². The topological polar surface area (TPSA) is 0 Å². The van der Waals surface area contributed by atoms with E-state index in [1.54, 1.807) is 11.1 Å². The maximum absolute atomic E-state index is 2.56. The molecule has 2 aliphatic carbocycles. The highest BCUT2D eigenvalue weighted by Crippen LogP contribution is 2.39. The molecule has 0 aliphatic heterocycles. The van der Waals surface area contributed by atoms with Gasteiger partial charge in [-0.1, -0.05) is 158 Å². The Morgan fingerprint density at radius 1 is 0.500 bits per heavy atom. The first-order valence-electron chi connectivity index (χ1n) is 17.7. The zero-order valence-corrected chi connectivity index (χ0v) is 26.3. The zero-order chi connectivity index (χ0) is 27.8. The molecule has 220 valence electrons.